The van der Waals surface area contributed by atoms with Gasteiger partial charge in [-0.1, -0.05) is 31.5 Å². The molecule has 0 unspecified atom stereocenters. The van der Waals surface area contributed by atoms with E-state index in [0.717, 1.165) is 30.5 Å². The van der Waals surface area contributed by atoms with Crippen molar-refractivity contribution in [2.24, 2.45) is 5.73 Å². The van der Waals surface area contributed by atoms with Gasteiger partial charge in [-0.15, -0.1) is 0 Å². The molecule has 1 aliphatic heterocycles. The Kier molecular flexibility index (Phi) is 4.57. The zero-order valence-electron chi connectivity index (χ0n) is 13.4. The molecule has 1 aliphatic rings. The first-order valence-corrected chi connectivity index (χ1v) is 7.70. The molecule has 2 atom stereocenters. The molecule has 0 fully saturated rings. The lowest BCUT2D eigenvalue weighted by Crippen LogP contribution is -2.48. The van der Waals surface area contributed by atoms with Crippen LogP contribution in [-0.4, -0.2) is 17.7 Å². The number of para-hydroxylation sites is 1. The number of nitrogens with zero attached hydrogens (tertiary/aromatic N) is 1. The Morgan fingerprint density at radius 3 is 2.67 bits per heavy atom. The van der Waals surface area contributed by atoms with Gasteiger partial charge in [0.2, 0.25) is 0 Å². The van der Waals surface area contributed by atoms with Crippen molar-refractivity contribution in [1.82, 2.24) is 0 Å². The van der Waals surface area contributed by atoms with Crippen LogP contribution in [0.1, 0.15) is 58.6 Å². The van der Waals surface area contributed by atoms with Gasteiger partial charge in [-0.25, -0.2) is 4.79 Å². The summed E-state index contributed by atoms with van der Waals surface area (Å²) in [5.41, 5.74) is 7.70. The number of ether oxygens (including phenoxy) is 1. The lowest BCUT2D eigenvalue weighted by atomic mass is 9.90. The Bertz CT molecular complexity index is 508. The highest BCUT2D eigenvalue weighted by Gasteiger charge is 2.36. The second-order valence-corrected chi connectivity index (χ2v) is 6.69. The molecule has 2 N–H and O–H groups in total. The van der Waals surface area contributed by atoms with Crippen LogP contribution in [0, 0.1) is 0 Å². The maximum atomic E-state index is 12.6. The second-order valence-electron chi connectivity index (χ2n) is 6.69. The molecule has 21 heavy (non-hydrogen) atoms. The van der Waals surface area contributed by atoms with E-state index in [-0.39, 0.29) is 18.2 Å². The standard InChI is InChI=1S/C17H26N2O2/c1-5-8-12-11-14(18)13-9-6-7-10-15(13)19(12)16(20)21-17(2,3)4/h6-7,9-10,12,14H,5,8,11,18H2,1-4H3/t12-,14+/m0/s1. The van der Waals surface area contributed by atoms with Gasteiger partial charge in [0.15, 0.2) is 0 Å². The Balaban J connectivity index is 2.37. The zero-order valence-corrected chi connectivity index (χ0v) is 13.4. The summed E-state index contributed by atoms with van der Waals surface area (Å²) in [6.45, 7) is 7.79. The van der Waals surface area contributed by atoms with E-state index in [1.165, 1.54) is 0 Å². The normalized spacial score (nSPS) is 21.9. The van der Waals surface area contributed by atoms with Gasteiger partial charge in [0.1, 0.15) is 5.60 Å². The zero-order chi connectivity index (χ0) is 15.6. The van der Waals surface area contributed by atoms with Gasteiger partial charge in [-0.05, 0) is 45.2 Å². The van der Waals surface area contributed by atoms with Crippen molar-refractivity contribution >= 4 is 11.8 Å². The lowest BCUT2D eigenvalue weighted by molar-refractivity contribution is 0.0556. The van der Waals surface area contributed by atoms with Crippen molar-refractivity contribution in [3.63, 3.8) is 0 Å². The highest BCUT2D eigenvalue weighted by Crippen LogP contribution is 2.38. The van der Waals surface area contributed by atoms with Crippen LogP contribution in [0.2, 0.25) is 0 Å². The number of carbonyl (C=O) groups excluding carboxylic acids is 1. The maximum Gasteiger partial charge on any atom is 0.415 e. The van der Waals surface area contributed by atoms with Gasteiger partial charge in [-0.2, -0.15) is 0 Å². The van der Waals surface area contributed by atoms with Crippen molar-refractivity contribution in [1.29, 1.82) is 0 Å². The van der Waals surface area contributed by atoms with Crippen molar-refractivity contribution in [3.05, 3.63) is 29.8 Å². The molecule has 1 aromatic rings. The number of amides is 1. The SMILES string of the molecule is CCC[C@H]1C[C@@H](N)c2ccccc2N1C(=O)OC(C)(C)C. The largest absolute Gasteiger partial charge is 0.443 e. The van der Waals surface area contributed by atoms with Crippen LogP contribution in [-0.2, 0) is 4.74 Å². The predicted molar refractivity (Wildman–Crippen MR) is 85.4 cm³/mol. The molecule has 0 saturated carbocycles. The van der Waals surface area contributed by atoms with Crippen LogP contribution < -0.4 is 10.6 Å². The first-order valence-electron chi connectivity index (χ1n) is 7.70. The van der Waals surface area contributed by atoms with Gasteiger partial charge < -0.3 is 10.5 Å². The molecule has 0 aliphatic carbocycles. The number of carbonyl (C=O) groups is 1. The minimum atomic E-state index is -0.498. The van der Waals surface area contributed by atoms with Crippen molar-refractivity contribution in [2.45, 2.75) is 64.6 Å². The van der Waals surface area contributed by atoms with Crippen LogP contribution in [0.5, 0.6) is 0 Å². The summed E-state index contributed by atoms with van der Waals surface area (Å²) in [6.07, 6.45) is 2.45. The molecular weight excluding hydrogens is 264 g/mol. The molecule has 1 aromatic carbocycles. The fourth-order valence-electron chi connectivity index (χ4n) is 2.88. The molecule has 4 nitrogen and oxygen atoms in total. The van der Waals surface area contributed by atoms with E-state index in [1.807, 2.05) is 45.0 Å². The highest BCUT2D eigenvalue weighted by molar-refractivity contribution is 5.90. The molecular formula is C17H26N2O2. The summed E-state index contributed by atoms with van der Waals surface area (Å²) in [6, 6.07) is 7.95. The molecule has 0 aromatic heterocycles. The first-order chi connectivity index (χ1) is 9.83. The minimum Gasteiger partial charge on any atom is -0.443 e. The fourth-order valence-corrected chi connectivity index (χ4v) is 2.88. The van der Waals surface area contributed by atoms with Crippen LogP contribution >= 0.6 is 0 Å². The summed E-state index contributed by atoms with van der Waals surface area (Å²) in [4.78, 5) is 14.4. The van der Waals surface area contributed by atoms with Crippen LogP contribution in [0.3, 0.4) is 0 Å². The third kappa shape index (κ3) is 3.56. The molecule has 1 heterocycles. The first kappa shape index (κ1) is 15.8. The summed E-state index contributed by atoms with van der Waals surface area (Å²) < 4.78 is 5.59. The Labute approximate surface area is 127 Å². The summed E-state index contributed by atoms with van der Waals surface area (Å²) in [5, 5.41) is 0. The van der Waals surface area contributed by atoms with Gasteiger partial charge in [0.05, 0.1) is 5.69 Å². The smallest absolute Gasteiger partial charge is 0.415 e. The quantitative estimate of drug-likeness (QED) is 0.895. The van der Waals surface area contributed by atoms with Gasteiger partial charge >= 0.3 is 6.09 Å². The van der Waals surface area contributed by atoms with Crippen molar-refractivity contribution in [2.75, 3.05) is 4.90 Å². The molecule has 116 valence electrons. The average molecular weight is 290 g/mol. The number of hydrogen-bond acceptors (Lipinski definition) is 3. The van der Waals surface area contributed by atoms with E-state index >= 15 is 0 Å². The van der Waals surface area contributed by atoms with E-state index in [4.69, 9.17) is 10.5 Å². The van der Waals surface area contributed by atoms with Crippen molar-refractivity contribution in [3.8, 4) is 0 Å². The van der Waals surface area contributed by atoms with E-state index in [0.29, 0.717) is 0 Å². The summed E-state index contributed by atoms with van der Waals surface area (Å²) >= 11 is 0. The molecule has 0 bridgehead atoms. The average Bonchev–Trinajstić information content (AvgIpc) is 2.37. The van der Waals surface area contributed by atoms with E-state index in [2.05, 4.69) is 6.92 Å². The molecule has 0 spiro atoms. The molecule has 0 saturated heterocycles. The van der Waals surface area contributed by atoms with Gasteiger partial charge in [0, 0.05) is 12.1 Å². The molecule has 1 amide bonds. The summed E-state index contributed by atoms with van der Waals surface area (Å²) in [7, 11) is 0. The van der Waals surface area contributed by atoms with Gasteiger partial charge in [0.25, 0.3) is 0 Å². The van der Waals surface area contributed by atoms with Crippen LogP contribution in [0.4, 0.5) is 10.5 Å². The van der Waals surface area contributed by atoms with Crippen molar-refractivity contribution < 1.29 is 9.53 Å². The number of nitrogens with two attached hydrogens (primary N) is 1. The van der Waals surface area contributed by atoms with Crippen LogP contribution in [0.25, 0.3) is 0 Å². The number of rotatable bonds is 2. The van der Waals surface area contributed by atoms with E-state index in [1.54, 1.807) is 4.90 Å². The van der Waals surface area contributed by atoms with Crippen LogP contribution in [0.15, 0.2) is 24.3 Å². The molecule has 0 radical (unpaired) electrons. The topological polar surface area (TPSA) is 55.6 Å². The summed E-state index contributed by atoms with van der Waals surface area (Å²) in [5.74, 6) is 0. The Morgan fingerprint density at radius 1 is 1.38 bits per heavy atom. The van der Waals surface area contributed by atoms with E-state index < -0.39 is 5.60 Å². The fraction of sp³-hybridized carbons (Fsp3) is 0.588. The number of benzene rings is 1. The Hall–Kier alpha value is -1.55. The number of hydrogen-bond donors (Lipinski definition) is 1. The third-order valence-corrected chi connectivity index (χ3v) is 3.70. The van der Waals surface area contributed by atoms with Gasteiger partial charge in [-0.3, -0.25) is 4.90 Å². The number of fused-ring (bicyclic) bond motifs is 1. The van der Waals surface area contributed by atoms with E-state index in [9.17, 15) is 4.79 Å². The maximum absolute atomic E-state index is 12.6. The minimum absolute atomic E-state index is 0.0172. The highest BCUT2D eigenvalue weighted by atomic mass is 16.6. The third-order valence-electron chi connectivity index (χ3n) is 3.70. The predicted octanol–water partition coefficient (Wildman–Crippen LogP) is 4.00. The molecule has 2 rings (SSSR count). The Morgan fingerprint density at radius 2 is 2.05 bits per heavy atom. The monoisotopic (exact) mass is 290 g/mol. The second kappa shape index (κ2) is 6.06. The number of anilines is 1. The molecule has 4 heteroatoms. The lowest BCUT2D eigenvalue weighted by Gasteiger charge is -2.40.